The Bertz CT molecular complexity index is 1650. The Kier molecular flexibility index (Phi) is 10.5. The third-order valence-corrected chi connectivity index (χ3v) is 9.39. The monoisotopic (exact) mass is 643 g/mol. The van der Waals surface area contributed by atoms with Gasteiger partial charge >= 0.3 is 0 Å². The molecule has 1 atom stereocenters. The highest BCUT2D eigenvalue weighted by Gasteiger charge is 2.35. The average Bonchev–Trinajstić information content (AvgIpc) is 2.99. The summed E-state index contributed by atoms with van der Waals surface area (Å²) in [6.45, 7) is -0.660. The lowest BCUT2D eigenvalue weighted by atomic mass is 10.0. The van der Waals surface area contributed by atoms with Crippen LogP contribution in [0.2, 0.25) is 15.1 Å². The predicted molar refractivity (Wildman–Crippen MR) is 167 cm³/mol. The molecule has 218 valence electrons. The van der Waals surface area contributed by atoms with Gasteiger partial charge in [-0.1, -0.05) is 102 Å². The largest absolute Gasteiger partial charge is 0.357 e. The molecule has 42 heavy (non-hydrogen) atoms. The standard InChI is InChI=1S/C31H28Cl3N3O4S/c1-35-31(39)28(19-22-10-4-2-5-11-22)36(20-23-12-8-13-24(32)18-23)29(38)21-37(27-17-9-16-26(33)30(27)34)42(40,41)25-14-6-3-7-15-25/h2-18,28H,19-21H2,1H3,(H,35,39). The zero-order chi connectivity index (χ0) is 30.3. The van der Waals surface area contributed by atoms with E-state index in [1.807, 2.05) is 30.3 Å². The molecule has 0 aliphatic rings. The van der Waals surface area contributed by atoms with Crippen LogP contribution in [-0.4, -0.2) is 44.8 Å². The molecule has 2 amide bonds. The summed E-state index contributed by atoms with van der Waals surface area (Å²) in [5.74, 6) is -1.04. The van der Waals surface area contributed by atoms with Crippen LogP contribution in [0.15, 0.2) is 108 Å². The first-order valence-electron chi connectivity index (χ1n) is 12.9. The number of rotatable bonds is 11. The van der Waals surface area contributed by atoms with Crippen molar-refractivity contribution in [3.63, 3.8) is 0 Å². The van der Waals surface area contributed by atoms with E-state index in [0.29, 0.717) is 10.6 Å². The fourth-order valence-electron chi connectivity index (χ4n) is 4.47. The molecule has 0 bridgehead atoms. The Morgan fingerprint density at radius 2 is 1.43 bits per heavy atom. The molecular formula is C31H28Cl3N3O4S. The van der Waals surface area contributed by atoms with Crippen molar-refractivity contribution >= 4 is 62.3 Å². The van der Waals surface area contributed by atoms with E-state index in [9.17, 15) is 18.0 Å². The quantitative estimate of drug-likeness (QED) is 0.210. The second-order valence-electron chi connectivity index (χ2n) is 9.37. The van der Waals surface area contributed by atoms with E-state index in [1.165, 1.54) is 36.2 Å². The van der Waals surface area contributed by atoms with Crippen molar-refractivity contribution in [2.75, 3.05) is 17.9 Å². The third-order valence-electron chi connectivity index (χ3n) is 6.57. The first kappa shape index (κ1) is 31.4. The highest BCUT2D eigenvalue weighted by atomic mass is 35.5. The van der Waals surface area contributed by atoms with Crippen molar-refractivity contribution in [2.45, 2.75) is 23.9 Å². The summed E-state index contributed by atoms with van der Waals surface area (Å²) in [6.07, 6.45) is 0.191. The number of carbonyl (C=O) groups is 2. The molecule has 0 radical (unpaired) electrons. The predicted octanol–water partition coefficient (Wildman–Crippen LogP) is 6.23. The molecule has 0 heterocycles. The number of likely N-dealkylation sites (N-methyl/N-ethyl adjacent to an activating group) is 1. The maximum Gasteiger partial charge on any atom is 0.264 e. The summed E-state index contributed by atoms with van der Waals surface area (Å²) in [5, 5.41) is 3.20. The van der Waals surface area contributed by atoms with Crippen molar-refractivity contribution in [1.82, 2.24) is 10.2 Å². The van der Waals surface area contributed by atoms with Crippen molar-refractivity contribution in [2.24, 2.45) is 0 Å². The molecule has 4 aromatic carbocycles. The minimum Gasteiger partial charge on any atom is -0.357 e. The first-order chi connectivity index (χ1) is 20.1. The number of sulfonamides is 1. The van der Waals surface area contributed by atoms with Gasteiger partial charge in [0.15, 0.2) is 0 Å². The highest BCUT2D eigenvalue weighted by molar-refractivity contribution is 7.92. The number of carbonyl (C=O) groups excluding carboxylic acids is 2. The number of anilines is 1. The maximum absolute atomic E-state index is 14.3. The molecule has 0 aliphatic heterocycles. The van der Waals surface area contributed by atoms with E-state index in [4.69, 9.17) is 34.8 Å². The fraction of sp³-hybridized carbons (Fsp3) is 0.161. The van der Waals surface area contributed by atoms with Crippen molar-refractivity contribution < 1.29 is 18.0 Å². The van der Waals surface area contributed by atoms with E-state index in [2.05, 4.69) is 5.32 Å². The van der Waals surface area contributed by atoms with E-state index in [1.54, 1.807) is 48.5 Å². The number of halogens is 3. The van der Waals surface area contributed by atoms with Gasteiger partial charge in [-0.25, -0.2) is 8.42 Å². The van der Waals surface area contributed by atoms with Gasteiger partial charge in [0.2, 0.25) is 11.8 Å². The van der Waals surface area contributed by atoms with Crippen molar-refractivity contribution in [1.29, 1.82) is 0 Å². The number of hydrogen-bond acceptors (Lipinski definition) is 4. The summed E-state index contributed by atoms with van der Waals surface area (Å²) in [6, 6.07) is 27.5. The molecule has 1 N–H and O–H groups in total. The van der Waals surface area contributed by atoms with Gasteiger partial charge in [0.25, 0.3) is 10.0 Å². The van der Waals surface area contributed by atoms with E-state index < -0.39 is 34.4 Å². The Labute approximate surface area is 260 Å². The summed E-state index contributed by atoms with van der Waals surface area (Å²) >= 11 is 19.0. The second kappa shape index (κ2) is 14.1. The number of amides is 2. The van der Waals surface area contributed by atoms with Crippen LogP contribution >= 0.6 is 34.8 Å². The molecule has 0 saturated carbocycles. The van der Waals surface area contributed by atoms with Gasteiger partial charge in [-0.05, 0) is 47.5 Å². The SMILES string of the molecule is CNC(=O)C(Cc1ccccc1)N(Cc1cccc(Cl)c1)C(=O)CN(c1cccc(Cl)c1Cl)S(=O)(=O)c1ccccc1. The topological polar surface area (TPSA) is 86.8 Å². The van der Waals surface area contributed by atoms with Crippen molar-refractivity contribution in [3.05, 3.63) is 129 Å². The molecular weight excluding hydrogens is 617 g/mol. The molecule has 0 aliphatic carbocycles. The van der Waals surface area contributed by atoms with Crippen LogP contribution < -0.4 is 9.62 Å². The number of nitrogens with one attached hydrogen (secondary N) is 1. The van der Waals surface area contributed by atoms with Gasteiger partial charge in [-0.15, -0.1) is 0 Å². The van der Waals surface area contributed by atoms with Crippen LogP contribution in [0, 0.1) is 0 Å². The van der Waals surface area contributed by atoms with Gasteiger partial charge in [0, 0.05) is 25.0 Å². The smallest absolute Gasteiger partial charge is 0.264 e. The molecule has 0 spiro atoms. The Hall–Kier alpha value is -3.56. The molecule has 0 aromatic heterocycles. The van der Waals surface area contributed by atoms with Gasteiger partial charge in [0.05, 0.1) is 20.6 Å². The zero-order valence-electron chi connectivity index (χ0n) is 22.6. The van der Waals surface area contributed by atoms with Crippen LogP contribution in [0.5, 0.6) is 0 Å². The van der Waals surface area contributed by atoms with Gasteiger partial charge < -0.3 is 10.2 Å². The normalized spacial score (nSPS) is 11.9. The third kappa shape index (κ3) is 7.44. The van der Waals surface area contributed by atoms with E-state index >= 15 is 0 Å². The van der Waals surface area contributed by atoms with E-state index in [-0.39, 0.29) is 33.6 Å². The van der Waals surface area contributed by atoms with Crippen LogP contribution in [0.4, 0.5) is 5.69 Å². The Morgan fingerprint density at radius 1 is 0.810 bits per heavy atom. The van der Waals surface area contributed by atoms with Gasteiger partial charge in [0.1, 0.15) is 12.6 Å². The number of nitrogens with zero attached hydrogens (tertiary/aromatic N) is 2. The summed E-state index contributed by atoms with van der Waals surface area (Å²) in [7, 11) is -2.80. The maximum atomic E-state index is 14.3. The number of benzene rings is 4. The second-order valence-corrected chi connectivity index (χ2v) is 12.5. The molecule has 1 unspecified atom stereocenters. The summed E-state index contributed by atoms with van der Waals surface area (Å²) in [4.78, 5) is 28.9. The fourth-order valence-corrected chi connectivity index (χ4v) is 6.58. The van der Waals surface area contributed by atoms with Gasteiger partial charge in [-0.2, -0.15) is 0 Å². The highest BCUT2D eigenvalue weighted by Crippen LogP contribution is 2.35. The molecule has 0 saturated heterocycles. The first-order valence-corrected chi connectivity index (χ1v) is 15.5. The minimum atomic E-state index is -4.29. The molecule has 4 aromatic rings. The Balaban J connectivity index is 1.81. The Morgan fingerprint density at radius 3 is 2.07 bits per heavy atom. The number of hydrogen-bond donors (Lipinski definition) is 1. The molecule has 4 rings (SSSR count). The zero-order valence-corrected chi connectivity index (χ0v) is 25.7. The summed E-state index contributed by atoms with van der Waals surface area (Å²) < 4.78 is 28.9. The van der Waals surface area contributed by atoms with Gasteiger partial charge in [-0.3, -0.25) is 13.9 Å². The van der Waals surface area contributed by atoms with E-state index in [0.717, 1.165) is 9.87 Å². The minimum absolute atomic E-state index is 0.00713. The van der Waals surface area contributed by atoms with Crippen LogP contribution in [0.3, 0.4) is 0 Å². The lowest BCUT2D eigenvalue weighted by Gasteiger charge is -2.33. The van der Waals surface area contributed by atoms with Crippen LogP contribution in [0.1, 0.15) is 11.1 Å². The van der Waals surface area contributed by atoms with Crippen LogP contribution in [0.25, 0.3) is 0 Å². The lowest BCUT2D eigenvalue weighted by Crippen LogP contribution is -2.53. The summed E-state index contributed by atoms with van der Waals surface area (Å²) in [5.41, 5.74) is 1.52. The molecule has 7 nitrogen and oxygen atoms in total. The van der Waals surface area contributed by atoms with Crippen molar-refractivity contribution in [3.8, 4) is 0 Å². The lowest BCUT2D eigenvalue weighted by molar-refractivity contribution is -0.139. The molecule has 11 heteroatoms. The van der Waals surface area contributed by atoms with Crippen LogP contribution in [-0.2, 0) is 32.6 Å². The molecule has 0 fully saturated rings. The average molecular weight is 645 g/mol.